The summed E-state index contributed by atoms with van der Waals surface area (Å²) in [6, 6.07) is 7.57. The Bertz CT molecular complexity index is 649. The lowest BCUT2D eigenvalue weighted by Crippen LogP contribution is -2.18. The lowest BCUT2D eigenvalue weighted by atomic mass is 10.2. The molecule has 1 aromatic heterocycles. The molecule has 0 saturated carbocycles. The molecule has 0 aliphatic rings. The molecule has 0 radical (unpaired) electrons. The summed E-state index contributed by atoms with van der Waals surface area (Å²) < 4.78 is 2.83. The summed E-state index contributed by atoms with van der Waals surface area (Å²) in [5.41, 5.74) is 2.34. The number of aromatic nitrogens is 1. The fourth-order valence-corrected chi connectivity index (χ4v) is 2.56. The van der Waals surface area contributed by atoms with E-state index in [0.717, 1.165) is 15.7 Å². The Hall–Kier alpha value is -1.26. The van der Waals surface area contributed by atoms with Crippen LogP contribution in [0.2, 0.25) is 5.02 Å². The summed E-state index contributed by atoms with van der Waals surface area (Å²) in [6.07, 6.45) is 1.77. The van der Waals surface area contributed by atoms with Gasteiger partial charge in [-0.3, -0.25) is 4.79 Å². The third-order valence-corrected chi connectivity index (χ3v) is 4.19. The smallest absolute Gasteiger partial charge is 0.272 e. The van der Waals surface area contributed by atoms with E-state index in [0.29, 0.717) is 10.7 Å². The van der Waals surface area contributed by atoms with Crippen LogP contribution in [0.3, 0.4) is 0 Å². The predicted octanol–water partition coefficient (Wildman–Crippen LogP) is 5.05. The highest BCUT2D eigenvalue weighted by Gasteiger charge is 2.16. The standard InChI is InChI=1S/C15H16BrClN2O/c1-9(2)19-8-11(17)7-14(19)15(20)18-13-6-4-5-12(16)10(13)3/h4-9H,1-3H3,(H,18,20). The van der Waals surface area contributed by atoms with Crippen molar-refractivity contribution in [1.29, 1.82) is 0 Å². The Kier molecular flexibility index (Phi) is 4.55. The third kappa shape index (κ3) is 3.07. The number of hydrogen-bond acceptors (Lipinski definition) is 1. The molecule has 0 aliphatic carbocycles. The van der Waals surface area contributed by atoms with E-state index in [1.54, 1.807) is 12.3 Å². The largest absolute Gasteiger partial charge is 0.339 e. The zero-order valence-corrected chi connectivity index (χ0v) is 13.9. The van der Waals surface area contributed by atoms with E-state index in [1.807, 2.05) is 43.5 Å². The first-order chi connectivity index (χ1) is 9.40. The van der Waals surface area contributed by atoms with Crippen LogP contribution < -0.4 is 5.32 Å². The van der Waals surface area contributed by atoms with Crippen molar-refractivity contribution in [2.45, 2.75) is 26.8 Å². The number of nitrogens with one attached hydrogen (secondary N) is 1. The molecule has 0 unspecified atom stereocenters. The molecule has 0 spiro atoms. The Labute approximate surface area is 132 Å². The number of halogens is 2. The highest BCUT2D eigenvalue weighted by molar-refractivity contribution is 9.10. The lowest BCUT2D eigenvalue weighted by Gasteiger charge is -2.14. The van der Waals surface area contributed by atoms with Gasteiger partial charge >= 0.3 is 0 Å². The van der Waals surface area contributed by atoms with E-state index >= 15 is 0 Å². The molecule has 3 nitrogen and oxygen atoms in total. The van der Waals surface area contributed by atoms with Gasteiger partial charge in [0.25, 0.3) is 5.91 Å². The van der Waals surface area contributed by atoms with Crippen molar-refractivity contribution in [1.82, 2.24) is 4.57 Å². The van der Waals surface area contributed by atoms with Crippen LogP contribution in [-0.4, -0.2) is 10.5 Å². The molecule has 2 rings (SSSR count). The van der Waals surface area contributed by atoms with Crippen LogP contribution in [0.25, 0.3) is 0 Å². The topological polar surface area (TPSA) is 34.0 Å². The highest BCUT2D eigenvalue weighted by Crippen LogP contribution is 2.25. The van der Waals surface area contributed by atoms with E-state index in [4.69, 9.17) is 11.6 Å². The van der Waals surface area contributed by atoms with E-state index < -0.39 is 0 Å². The van der Waals surface area contributed by atoms with Crippen molar-refractivity contribution in [3.05, 3.63) is 51.2 Å². The number of benzene rings is 1. The molecule has 2 aromatic rings. The maximum Gasteiger partial charge on any atom is 0.272 e. The molecule has 1 amide bonds. The van der Waals surface area contributed by atoms with Crippen molar-refractivity contribution in [2.75, 3.05) is 5.32 Å². The van der Waals surface area contributed by atoms with Gasteiger partial charge in [0.05, 0.1) is 5.02 Å². The van der Waals surface area contributed by atoms with Gasteiger partial charge in [0.1, 0.15) is 5.69 Å². The number of carbonyl (C=O) groups is 1. The van der Waals surface area contributed by atoms with Gasteiger partial charge < -0.3 is 9.88 Å². The minimum absolute atomic E-state index is 0.160. The lowest BCUT2D eigenvalue weighted by molar-refractivity contribution is 0.101. The molecule has 0 fully saturated rings. The number of amides is 1. The zero-order chi connectivity index (χ0) is 14.9. The fourth-order valence-electron chi connectivity index (χ4n) is 1.98. The molecule has 0 aliphatic heterocycles. The number of rotatable bonds is 3. The molecule has 20 heavy (non-hydrogen) atoms. The van der Waals surface area contributed by atoms with Crippen LogP contribution in [0, 0.1) is 6.92 Å². The Morgan fingerprint density at radius 1 is 1.40 bits per heavy atom. The van der Waals surface area contributed by atoms with Crippen molar-refractivity contribution < 1.29 is 4.79 Å². The third-order valence-electron chi connectivity index (χ3n) is 3.12. The fraction of sp³-hybridized carbons (Fsp3) is 0.267. The van der Waals surface area contributed by atoms with Crippen LogP contribution in [-0.2, 0) is 0 Å². The zero-order valence-electron chi connectivity index (χ0n) is 11.6. The van der Waals surface area contributed by atoms with Gasteiger partial charge in [0.2, 0.25) is 0 Å². The molecular weight excluding hydrogens is 340 g/mol. The average Bonchev–Trinajstić information content (AvgIpc) is 2.77. The van der Waals surface area contributed by atoms with Gasteiger partial charge in [-0.15, -0.1) is 0 Å². The second-order valence-corrected chi connectivity index (χ2v) is 6.20. The molecular formula is C15H16BrClN2O. The van der Waals surface area contributed by atoms with Gasteiger partial charge in [-0.2, -0.15) is 0 Å². The van der Waals surface area contributed by atoms with Crippen molar-refractivity contribution in [3.63, 3.8) is 0 Å². The number of carbonyl (C=O) groups excluding carboxylic acids is 1. The molecule has 5 heteroatoms. The van der Waals surface area contributed by atoms with Gasteiger partial charge in [-0.1, -0.05) is 33.6 Å². The van der Waals surface area contributed by atoms with Crippen LogP contribution in [0.1, 0.15) is 35.9 Å². The maximum atomic E-state index is 12.4. The molecule has 1 N–H and O–H groups in total. The summed E-state index contributed by atoms with van der Waals surface area (Å²) >= 11 is 9.46. The van der Waals surface area contributed by atoms with Crippen LogP contribution >= 0.6 is 27.5 Å². The second kappa shape index (κ2) is 6.02. The summed E-state index contributed by atoms with van der Waals surface area (Å²) in [5.74, 6) is -0.160. The average molecular weight is 356 g/mol. The van der Waals surface area contributed by atoms with E-state index in [1.165, 1.54) is 0 Å². The molecule has 1 aromatic carbocycles. The quantitative estimate of drug-likeness (QED) is 0.821. The van der Waals surface area contributed by atoms with E-state index in [2.05, 4.69) is 21.2 Å². The van der Waals surface area contributed by atoms with Crippen molar-refractivity contribution in [3.8, 4) is 0 Å². The van der Waals surface area contributed by atoms with Gasteiger partial charge in [-0.05, 0) is 44.5 Å². The Balaban J connectivity index is 2.31. The number of anilines is 1. The first kappa shape index (κ1) is 15.1. The minimum atomic E-state index is -0.160. The summed E-state index contributed by atoms with van der Waals surface area (Å²) in [5, 5.41) is 3.49. The molecule has 0 bridgehead atoms. The van der Waals surface area contributed by atoms with Gasteiger partial charge in [0, 0.05) is 22.4 Å². The van der Waals surface area contributed by atoms with Gasteiger partial charge in [-0.25, -0.2) is 0 Å². The molecule has 0 atom stereocenters. The monoisotopic (exact) mass is 354 g/mol. The van der Waals surface area contributed by atoms with Crippen molar-refractivity contribution in [2.24, 2.45) is 0 Å². The van der Waals surface area contributed by atoms with Crippen LogP contribution in [0.5, 0.6) is 0 Å². The SMILES string of the molecule is Cc1c(Br)cccc1NC(=O)c1cc(Cl)cn1C(C)C. The summed E-state index contributed by atoms with van der Waals surface area (Å²) in [4.78, 5) is 12.4. The minimum Gasteiger partial charge on any atom is -0.339 e. The van der Waals surface area contributed by atoms with Gasteiger partial charge in [0.15, 0.2) is 0 Å². The Morgan fingerprint density at radius 2 is 2.10 bits per heavy atom. The Morgan fingerprint density at radius 3 is 2.75 bits per heavy atom. The van der Waals surface area contributed by atoms with Crippen LogP contribution in [0.15, 0.2) is 34.9 Å². The normalized spacial score (nSPS) is 10.9. The molecule has 106 valence electrons. The van der Waals surface area contributed by atoms with E-state index in [-0.39, 0.29) is 11.9 Å². The molecule has 0 saturated heterocycles. The molecule has 1 heterocycles. The first-order valence-electron chi connectivity index (χ1n) is 6.34. The van der Waals surface area contributed by atoms with Crippen LogP contribution in [0.4, 0.5) is 5.69 Å². The highest BCUT2D eigenvalue weighted by atomic mass is 79.9. The predicted molar refractivity (Wildman–Crippen MR) is 86.7 cm³/mol. The van der Waals surface area contributed by atoms with E-state index in [9.17, 15) is 4.79 Å². The summed E-state index contributed by atoms with van der Waals surface area (Å²) in [6.45, 7) is 5.98. The second-order valence-electron chi connectivity index (χ2n) is 4.91. The number of hydrogen-bond donors (Lipinski definition) is 1. The first-order valence-corrected chi connectivity index (χ1v) is 7.51. The van der Waals surface area contributed by atoms with Crippen molar-refractivity contribution >= 4 is 39.1 Å². The maximum absolute atomic E-state index is 12.4. The number of nitrogens with zero attached hydrogens (tertiary/aromatic N) is 1. The summed E-state index contributed by atoms with van der Waals surface area (Å²) in [7, 11) is 0.